The van der Waals surface area contributed by atoms with E-state index in [0.717, 1.165) is 11.1 Å². The lowest BCUT2D eigenvalue weighted by Gasteiger charge is -2.16. The number of carbonyl (C=O) groups excluding carboxylic acids is 1. The number of benzene rings is 1. The Morgan fingerprint density at radius 2 is 1.94 bits per heavy atom. The lowest BCUT2D eigenvalue weighted by Crippen LogP contribution is -2.38. The highest BCUT2D eigenvalue weighted by Gasteiger charge is 2.40. The second-order valence-corrected chi connectivity index (χ2v) is 7.46. The molecular formula is C23H21N5O3. The van der Waals surface area contributed by atoms with E-state index in [0.29, 0.717) is 37.1 Å². The van der Waals surface area contributed by atoms with E-state index in [-0.39, 0.29) is 17.9 Å². The number of pyridine rings is 1. The van der Waals surface area contributed by atoms with Gasteiger partial charge in [0.1, 0.15) is 5.76 Å². The van der Waals surface area contributed by atoms with Crippen LogP contribution in [0.4, 0.5) is 4.79 Å². The van der Waals surface area contributed by atoms with E-state index in [9.17, 15) is 4.79 Å². The van der Waals surface area contributed by atoms with Crippen LogP contribution in [0.3, 0.4) is 0 Å². The van der Waals surface area contributed by atoms with Crippen LogP contribution in [0, 0.1) is 0 Å². The number of hydrogen-bond donors (Lipinski definition) is 1. The molecular weight excluding hydrogens is 394 g/mol. The van der Waals surface area contributed by atoms with Gasteiger partial charge in [-0.2, -0.15) is 4.98 Å². The fourth-order valence-electron chi connectivity index (χ4n) is 3.93. The Morgan fingerprint density at radius 3 is 2.71 bits per heavy atom. The van der Waals surface area contributed by atoms with Gasteiger partial charge < -0.3 is 19.2 Å². The largest absolute Gasteiger partial charge is 0.467 e. The van der Waals surface area contributed by atoms with Crippen molar-refractivity contribution >= 4 is 6.03 Å². The zero-order valence-corrected chi connectivity index (χ0v) is 16.7. The SMILES string of the molecule is O=C(NCc1ccco1)N1C[C@@H](c2cccnc2)[C@H](c2nc(-c3ccccc3)no2)C1. The molecule has 1 saturated heterocycles. The Bertz CT molecular complexity index is 1130. The molecule has 5 rings (SSSR count). The number of nitrogens with one attached hydrogen (secondary N) is 1. The van der Waals surface area contributed by atoms with Gasteiger partial charge in [0.05, 0.1) is 18.7 Å². The monoisotopic (exact) mass is 415 g/mol. The van der Waals surface area contributed by atoms with Crippen LogP contribution in [0.15, 0.2) is 82.2 Å². The van der Waals surface area contributed by atoms with Gasteiger partial charge in [-0.05, 0) is 23.8 Å². The topological polar surface area (TPSA) is 97.3 Å². The molecule has 0 aliphatic carbocycles. The molecule has 0 spiro atoms. The van der Waals surface area contributed by atoms with Crippen LogP contribution in [0.5, 0.6) is 0 Å². The Hall–Kier alpha value is -3.94. The minimum atomic E-state index is -0.157. The first-order valence-corrected chi connectivity index (χ1v) is 10.1. The third-order valence-corrected chi connectivity index (χ3v) is 5.50. The Kier molecular flexibility index (Phi) is 5.18. The van der Waals surface area contributed by atoms with Crippen molar-refractivity contribution in [3.63, 3.8) is 0 Å². The predicted octanol–water partition coefficient (Wildman–Crippen LogP) is 3.82. The summed E-state index contributed by atoms with van der Waals surface area (Å²) in [4.78, 5) is 23.5. The number of hydrogen-bond acceptors (Lipinski definition) is 6. The van der Waals surface area contributed by atoms with Gasteiger partial charge >= 0.3 is 6.03 Å². The summed E-state index contributed by atoms with van der Waals surface area (Å²) in [7, 11) is 0. The standard InChI is InChI=1S/C23H21N5O3/c29-23(25-13-18-9-5-11-30-18)28-14-19(17-8-4-10-24-12-17)20(15-28)22-26-21(27-31-22)16-6-2-1-3-7-16/h1-12,19-20H,13-15H2,(H,25,29)/t19-,20+/m0/s1. The van der Waals surface area contributed by atoms with Gasteiger partial charge in [-0.25, -0.2) is 4.79 Å². The summed E-state index contributed by atoms with van der Waals surface area (Å²) in [5.74, 6) is 1.66. The average molecular weight is 415 g/mol. The maximum absolute atomic E-state index is 12.8. The fraction of sp³-hybridized carbons (Fsp3) is 0.217. The first-order chi connectivity index (χ1) is 15.3. The van der Waals surface area contributed by atoms with Crippen LogP contribution in [-0.4, -0.2) is 39.1 Å². The van der Waals surface area contributed by atoms with Crippen molar-refractivity contribution < 1.29 is 13.7 Å². The Morgan fingerprint density at radius 1 is 1.06 bits per heavy atom. The minimum Gasteiger partial charge on any atom is -0.467 e. The van der Waals surface area contributed by atoms with Crippen LogP contribution in [0.1, 0.15) is 29.1 Å². The molecule has 2 amide bonds. The number of aromatic nitrogens is 3. The summed E-state index contributed by atoms with van der Waals surface area (Å²) in [6, 6.07) is 17.1. The second-order valence-electron chi connectivity index (χ2n) is 7.46. The lowest BCUT2D eigenvalue weighted by molar-refractivity contribution is 0.206. The van der Waals surface area contributed by atoms with Crippen molar-refractivity contribution in [1.82, 2.24) is 25.3 Å². The number of furan rings is 1. The summed E-state index contributed by atoms with van der Waals surface area (Å²) >= 11 is 0. The van der Waals surface area contributed by atoms with E-state index < -0.39 is 0 Å². The van der Waals surface area contributed by atoms with Gasteiger partial charge in [0.2, 0.25) is 11.7 Å². The zero-order valence-electron chi connectivity index (χ0n) is 16.7. The van der Waals surface area contributed by atoms with E-state index in [2.05, 4.69) is 20.4 Å². The molecule has 4 aromatic rings. The third-order valence-electron chi connectivity index (χ3n) is 5.50. The molecule has 1 N–H and O–H groups in total. The smallest absolute Gasteiger partial charge is 0.317 e. The van der Waals surface area contributed by atoms with Crippen molar-refractivity contribution in [2.75, 3.05) is 13.1 Å². The molecule has 0 bridgehead atoms. The molecule has 156 valence electrons. The van der Waals surface area contributed by atoms with Gasteiger partial charge in [-0.1, -0.05) is 41.6 Å². The van der Waals surface area contributed by atoms with Crippen molar-refractivity contribution in [1.29, 1.82) is 0 Å². The number of urea groups is 1. The zero-order chi connectivity index (χ0) is 21.0. The summed E-state index contributed by atoms with van der Waals surface area (Å²) in [5, 5.41) is 7.08. The van der Waals surface area contributed by atoms with Crippen molar-refractivity contribution in [3.8, 4) is 11.4 Å². The molecule has 1 aliphatic heterocycles. The van der Waals surface area contributed by atoms with E-state index in [1.165, 1.54) is 0 Å². The van der Waals surface area contributed by atoms with E-state index in [4.69, 9.17) is 8.94 Å². The number of nitrogens with zero attached hydrogens (tertiary/aromatic N) is 4. The lowest BCUT2D eigenvalue weighted by atomic mass is 9.90. The van der Waals surface area contributed by atoms with Gasteiger partial charge in [-0.3, -0.25) is 4.98 Å². The first-order valence-electron chi connectivity index (χ1n) is 10.1. The van der Waals surface area contributed by atoms with E-state index >= 15 is 0 Å². The molecule has 31 heavy (non-hydrogen) atoms. The summed E-state index contributed by atoms with van der Waals surface area (Å²) in [6.45, 7) is 1.34. The van der Waals surface area contributed by atoms with Crippen molar-refractivity contribution in [2.24, 2.45) is 0 Å². The predicted molar refractivity (Wildman–Crippen MR) is 112 cm³/mol. The van der Waals surface area contributed by atoms with Crippen molar-refractivity contribution in [3.05, 3.63) is 90.5 Å². The number of carbonyl (C=O) groups is 1. The molecule has 0 saturated carbocycles. The van der Waals surface area contributed by atoms with Gasteiger partial charge in [0, 0.05) is 37.0 Å². The third kappa shape index (κ3) is 4.05. The summed E-state index contributed by atoms with van der Waals surface area (Å²) < 4.78 is 10.9. The number of likely N-dealkylation sites (tertiary alicyclic amines) is 1. The molecule has 0 radical (unpaired) electrons. The molecule has 8 nitrogen and oxygen atoms in total. The quantitative estimate of drug-likeness (QED) is 0.532. The maximum Gasteiger partial charge on any atom is 0.317 e. The summed E-state index contributed by atoms with van der Waals surface area (Å²) in [6.07, 6.45) is 5.16. The molecule has 1 fully saturated rings. The van der Waals surface area contributed by atoms with Gasteiger partial charge in [-0.15, -0.1) is 0 Å². The highest BCUT2D eigenvalue weighted by atomic mass is 16.5. The van der Waals surface area contributed by atoms with Crippen LogP contribution < -0.4 is 5.32 Å². The van der Waals surface area contributed by atoms with Gasteiger partial charge in [0.25, 0.3) is 0 Å². The second kappa shape index (κ2) is 8.43. The van der Waals surface area contributed by atoms with Crippen LogP contribution in [-0.2, 0) is 6.54 Å². The summed E-state index contributed by atoms with van der Waals surface area (Å²) in [5.41, 5.74) is 1.93. The Balaban J connectivity index is 1.38. The molecule has 4 heterocycles. The maximum atomic E-state index is 12.8. The molecule has 2 atom stereocenters. The number of rotatable bonds is 5. The highest BCUT2D eigenvalue weighted by molar-refractivity contribution is 5.74. The normalized spacial score (nSPS) is 18.3. The Labute approximate surface area is 178 Å². The first kappa shape index (κ1) is 19.0. The number of amides is 2. The molecule has 1 aromatic carbocycles. The van der Waals surface area contributed by atoms with E-state index in [1.54, 1.807) is 23.4 Å². The molecule has 0 unspecified atom stereocenters. The average Bonchev–Trinajstić information content (AvgIpc) is 3.59. The van der Waals surface area contributed by atoms with Crippen LogP contribution in [0.25, 0.3) is 11.4 Å². The van der Waals surface area contributed by atoms with Gasteiger partial charge in [0.15, 0.2) is 0 Å². The van der Waals surface area contributed by atoms with Crippen molar-refractivity contribution in [2.45, 2.75) is 18.4 Å². The molecule has 8 heteroatoms. The van der Waals surface area contributed by atoms with Crippen LogP contribution in [0.2, 0.25) is 0 Å². The highest BCUT2D eigenvalue weighted by Crippen LogP contribution is 2.39. The van der Waals surface area contributed by atoms with E-state index in [1.807, 2.05) is 54.7 Å². The minimum absolute atomic E-state index is 0.00661. The fourth-order valence-corrected chi connectivity index (χ4v) is 3.93. The molecule has 1 aliphatic rings. The molecule has 3 aromatic heterocycles. The van der Waals surface area contributed by atoms with Crippen LogP contribution >= 0.6 is 0 Å².